The summed E-state index contributed by atoms with van der Waals surface area (Å²) in [5.41, 5.74) is 2.62. The zero-order valence-corrected chi connectivity index (χ0v) is 10.2. The first-order valence-corrected chi connectivity index (χ1v) is 5.39. The third kappa shape index (κ3) is 2.29. The van der Waals surface area contributed by atoms with Crippen molar-refractivity contribution >= 4 is 5.69 Å². The number of nitrogens with zero attached hydrogens (tertiary/aromatic N) is 4. The molecule has 0 aliphatic carbocycles. The number of benzene rings is 1. The molecule has 1 heterocycles. The van der Waals surface area contributed by atoms with Gasteiger partial charge in [0.2, 0.25) is 0 Å². The SMILES string of the molecule is CN(C)c1ccc(C(O)c2cnnn2C)cc1. The van der Waals surface area contributed by atoms with Crippen molar-refractivity contribution in [2.45, 2.75) is 6.10 Å². The minimum absolute atomic E-state index is 0.683. The molecule has 1 N–H and O–H groups in total. The first-order valence-electron chi connectivity index (χ1n) is 5.39. The van der Waals surface area contributed by atoms with Gasteiger partial charge in [0.1, 0.15) is 6.10 Å². The fraction of sp³-hybridized carbons (Fsp3) is 0.333. The minimum Gasteiger partial charge on any atom is -0.382 e. The predicted molar refractivity (Wildman–Crippen MR) is 65.8 cm³/mol. The second-order valence-corrected chi connectivity index (χ2v) is 4.17. The molecule has 0 saturated carbocycles. The van der Waals surface area contributed by atoms with Crippen LogP contribution in [0.3, 0.4) is 0 Å². The summed E-state index contributed by atoms with van der Waals surface area (Å²) in [6, 6.07) is 7.77. The van der Waals surface area contributed by atoms with Gasteiger partial charge in [-0.05, 0) is 17.7 Å². The molecule has 0 amide bonds. The van der Waals surface area contributed by atoms with Crippen molar-refractivity contribution in [2.24, 2.45) is 7.05 Å². The lowest BCUT2D eigenvalue weighted by Gasteiger charge is -2.15. The molecule has 1 unspecified atom stereocenters. The largest absolute Gasteiger partial charge is 0.382 e. The maximum absolute atomic E-state index is 10.2. The second kappa shape index (κ2) is 4.55. The number of aliphatic hydroxyl groups excluding tert-OH is 1. The summed E-state index contributed by atoms with van der Waals surface area (Å²) in [6.45, 7) is 0. The van der Waals surface area contributed by atoms with Crippen LogP contribution >= 0.6 is 0 Å². The number of hydrogen-bond donors (Lipinski definition) is 1. The summed E-state index contributed by atoms with van der Waals surface area (Å²) < 4.78 is 1.57. The highest BCUT2D eigenvalue weighted by Gasteiger charge is 2.14. The van der Waals surface area contributed by atoms with Crippen molar-refractivity contribution in [1.29, 1.82) is 0 Å². The number of rotatable bonds is 3. The Bertz CT molecular complexity index is 489. The molecule has 0 fully saturated rings. The molecule has 2 rings (SSSR count). The Morgan fingerprint density at radius 2 is 1.88 bits per heavy atom. The number of anilines is 1. The Hall–Kier alpha value is -1.88. The molecule has 17 heavy (non-hydrogen) atoms. The molecule has 0 aliphatic rings. The summed E-state index contributed by atoms with van der Waals surface area (Å²) in [5.74, 6) is 0. The molecular weight excluding hydrogens is 216 g/mol. The number of aryl methyl sites for hydroxylation is 1. The van der Waals surface area contributed by atoms with E-state index in [1.54, 1.807) is 17.9 Å². The van der Waals surface area contributed by atoms with E-state index in [2.05, 4.69) is 10.3 Å². The first kappa shape index (κ1) is 11.6. The molecule has 5 nitrogen and oxygen atoms in total. The van der Waals surface area contributed by atoms with Crippen LogP contribution < -0.4 is 4.90 Å². The molecule has 0 bridgehead atoms. The molecule has 0 spiro atoms. The molecule has 90 valence electrons. The Morgan fingerprint density at radius 3 is 2.35 bits per heavy atom. The smallest absolute Gasteiger partial charge is 0.122 e. The van der Waals surface area contributed by atoms with Crippen LogP contribution in [-0.2, 0) is 7.05 Å². The Labute approximate surface area is 100 Å². The van der Waals surface area contributed by atoms with Crippen LogP contribution in [0.4, 0.5) is 5.69 Å². The van der Waals surface area contributed by atoms with Crippen molar-refractivity contribution in [3.63, 3.8) is 0 Å². The third-order valence-corrected chi connectivity index (χ3v) is 2.75. The lowest BCUT2D eigenvalue weighted by Crippen LogP contribution is -2.09. The van der Waals surface area contributed by atoms with Crippen molar-refractivity contribution < 1.29 is 5.11 Å². The van der Waals surface area contributed by atoms with E-state index in [1.165, 1.54) is 0 Å². The average Bonchev–Trinajstić information content (AvgIpc) is 2.74. The molecule has 2 aromatic rings. The number of aliphatic hydroxyl groups is 1. The Kier molecular flexibility index (Phi) is 3.10. The van der Waals surface area contributed by atoms with Crippen LogP contribution in [0.5, 0.6) is 0 Å². The zero-order chi connectivity index (χ0) is 12.4. The molecular formula is C12H16N4O. The highest BCUT2D eigenvalue weighted by molar-refractivity contribution is 5.46. The van der Waals surface area contributed by atoms with E-state index in [0.29, 0.717) is 5.69 Å². The lowest BCUT2D eigenvalue weighted by molar-refractivity contribution is 0.210. The quantitative estimate of drug-likeness (QED) is 0.856. The topological polar surface area (TPSA) is 54.2 Å². The van der Waals surface area contributed by atoms with E-state index in [-0.39, 0.29) is 0 Å². The first-order chi connectivity index (χ1) is 8.09. The van der Waals surface area contributed by atoms with E-state index in [0.717, 1.165) is 11.3 Å². The maximum atomic E-state index is 10.2. The summed E-state index contributed by atoms with van der Waals surface area (Å²) in [6.07, 6.45) is 0.885. The van der Waals surface area contributed by atoms with Gasteiger partial charge in [0.15, 0.2) is 0 Å². The van der Waals surface area contributed by atoms with Crippen LogP contribution in [0.15, 0.2) is 30.5 Å². The highest BCUT2D eigenvalue weighted by atomic mass is 16.3. The van der Waals surface area contributed by atoms with Crippen molar-refractivity contribution in [2.75, 3.05) is 19.0 Å². The molecule has 0 radical (unpaired) electrons. The monoisotopic (exact) mass is 232 g/mol. The van der Waals surface area contributed by atoms with E-state index < -0.39 is 6.10 Å². The van der Waals surface area contributed by atoms with Gasteiger partial charge >= 0.3 is 0 Å². The predicted octanol–water partition coefficient (Wildman–Crippen LogP) is 0.963. The molecule has 5 heteroatoms. The molecule has 1 aromatic heterocycles. The number of aromatic nitrogens is 3. The summed E-state index contributed by atoms with van der Waals surface area (Å²) in [5, 5.41) is 17.7. The zero-order valence-electron chi connectivity index (χ0n) is 10.2. The van der Waals surface area contributed by atoms with Crippen LogP contribution in [0, 0.1) is 0 Å². The second-order valence-electron chi connectivity index (χ2n) is 4.17. The van der Waals surface area contributed by atoms with Crippen LogP contribution in [0.2, 0.25) is 0 Å². The van der Waals surface area contributed by atoms with Crippen LogP contribution in [0.1, 0.15) is 17.4 Å². The Balaban J connectivity index is 2.26. The minimum atomic E-state index is -0.689. The van der Waals surface area contributed by atoms with Crippen LogP contribution in [-0.4, -0.2) is 34.2 Å². The number of hydrogen-bond acceptors (Lipinski definition) is 4. The highest BCUT2D eigenvalue weighted by Crippen LogP contribution is 2.22. The maximum Gasteiger partial charge on any atom is 0.122 e. The summed E-state index contributed by atoms with van der Waals surface area (Å²) in [7, 11) is 5.73. The molecule has 1 aromatic carbocycles. The van der Waals surface area contributed by atoms with Gasteiger partial charge in [0, 0.05) is 26.8 Å². The van der Waals surface area contributed by atoms with Gasteiger partial charge < -0.3 is 10.0 Å². The lowest BCUT2D eigenvalue weighted by atomic mass is 10.1. The molecule has 1 atom stereocenters. The average molecular weight is 232 g/mol. The Morgan fingerprint density at radius 1 is 1.24 bits per heavy atom. The fourth-order valence-electron chi connectivity index (χ4n) is 1.67. The van der Waals surface area contributed by atoms with Gasteiger partial charge in [-0.3, -0.25) is 0 Å². The van der Waals surface area contributed by atoms with Crippen molar-refractivity contribution in [1.82, 2.24) is 15.0 Å². The normalized spacial score (nSPS) is 12.5. The van der Waals surface area contributed by atoms with Gasteiger partial charge in [-0.2, -0.15) is 0 Å². The van der Waals surface area contributed by atoms with Crippen LogP contribution in [0.25, 0.3) is 0 Å². The standard InChI is InChI=1S/C12H16N4O/c1-15(2)10-6-4-9(5-7-10)12(17)11-8-13-14-16(11)3/h4-8,12,17H,1-3H3. The van der Waals surface area contributed by atoms with E-state index in [4.69, 9.17) is 0 Å². The molecule has 0 aliphatic heterocycles. The van der Waals surface area contributed by atoms with Gasteiger partial charge in [0.05, 0.1) is 11.9 Å². The van der Waals surface area contributed by atoms with Gasteiger partial charge in [-0.15, -0.1) is 5.10 Å². The van der Waals surface area contributed by atoms with Gasteiger partial charge in [-0.1, -0.05) is 17.3 Å². The fourth-order valence-corrected chi connectivity index (χ4v) is 1.67. The summed E-state index contributed by atoms with van der Waals surface area (Å²) >= 11 is 0. The summed E-state index contributed by atoms with van der Waals surface area (Å²) in [4.78, 5) is 2.02. The van der Waals surface area contributed by atoms with Gasteiger partial charge in [-0.25, -0.2) is 4.68 Å². The van der Waals surface area contributed by atoms with E-state index >= 15 is 0 Å². The van der Waals surface area contributed by atoms with Crippen molar-refractivity contribution in [3.8, 4) is 0 Å². The van der Waals surface area contributed by atoms with E-state index in [9.17, 15) is 5.11 Å². The van der Waals surface area contributed by atoms with Gasteiger partial charge in [0.25, 0.3) is 0 Å². The van der Waals surface area contributed by atoms with E-state index in [1.807, 2.05) is 43.3 Å². The third-order valence-electron chi connectivity index (χ3n) is 2.75. The van der Waals surface area contributed by atoms with Crippen molar-refractivity contribution in [3.05, 3.63) is 41.7 Å². The molecule has 0 saturated heterocycles.